The molecule has 1 aliphatic rings. The summed E-state index contributed by atoms with van der Waals surface area (Å²) < 4.78 is 0. The van der Waals surface area contributed by atoms with E-state index in [-0.39, 0.29) is 5.91 Å². The molecule has 1 rings (SSSR count). The maximum atomic E-state index is 11.7. The lowest BCUT2D eigenvalue weighted by Gasteiger charge is -2.28. The Labute approximate surface area is 106 Å². The zero-order chi connectivity index (χ0) is 12.5. The van der Waals surface area contributed by atoms with Crippen molar-refractivity contribution in [1.82, 2.24) is 10.6 Å². The minimum absolute atomic E-state index is 0.235. The average Bonchev–Trinajstić information content (AvgIpc) is 2.36. The lowest BCUT2D eigenvalue weighted by Crippen LogP contribution is -2.35. The van der Waals surface area contributed by atoms with Crippen molar-refractivity contribution in [3.8, 4) is 0 Å². The van der Waals surface area contributed by atoms with E-state index in [9.17, 15) is 4.79 Å². The molecule has 2 atom stereocenters. The SMILES string of the molecule is CCCCCNC(=O)CC(C)C1CCCNC1. The molecule has 1 amide bonds. The van der Waals surface area contributed by atoms with Crippen LogP contribution >= 0.6 is 0 Å². The van der Waals surface area contributed by atoms with E-state index in [1.54, 1.807) is 0 Å². The van der Waals surface area contributed by atoms with Gasteiger partial charge in [-0.3, -0.25) is 4.79 Å². The number of amides is 1. The first kappa shape index (κ1) is 14.5. The molecule has 0 radical (unpaired) electrons. The van der Waals surface area contributed by atoms with Crippen LogP contribution in [0.25, 0.3) is 0 Å². The van der Waals surface area contributed by atoms with Crippen LogP contribution in [0.4, 0.5) is 0 Å². The lowest BCUT2D eigenvalue weighted by atomic mass is 9.85. The summed E-state index contributed by atoms with van der Waals surface area (Å²) in [6, 6.07) is 0. The molecular weight excluding hydrogens is 212 g/mol. The Morgan fingerprint density at radius 3 is 2.94 bits per heavy atom. The van der Waals surface area contributed by atoms with E-state index in [0.29, 0.717) is 18.3 Å². The highest BCUT2D eigenvalue weighted by Crippen LogP contribution is 2.22. The van der Waals surface area contributed by atoms with Gasteiger partial charge in [-0.25, -0.2) is 0 Å². The molecule has 1 fully saturated rings. The number of carbonyl (C=O) groups is 1. The Kier molecular flexibility index (Phi) is 7.25. The molecule has 0 aromatic rings. The summed E-state index contributed by atoms with van der Waals surface area (Å²) in [4.78, 5) is 11.7. The lowest BCUT2D eigenvalue weighted by molar-refractivity contribution is -0.122. The zero-order valence-corrected chi connectivity index (χ0v) is 11.4. The molecule has 100 valence electrons. The third-order valence-corrected chi connectivity index (χ3v) is 3.75. The number of hydrogen-bond acceptors (Lipinski definition) is 2. The number of unbranched alkanes of at least 4 members (excludes halogenated alkanes) is 2. The topological polar surface area (TPSA) is 41.1 Å². The fraction of sp³-hybridized carbons (Fsp3) is 0.929. The first-order valence-corrected chi connectivity index (χ1v) is 7.21. The number of nitrogens with one attached hydrogen (secondary N) is 2. The van der Waals surface area contributed by atoms with Gasteiger partial charge < -0.3 is 10.6 Å². The van der Waals surface area contributed by atoms with Gasteiger partial charge in [-0.2, -0.15) is 0 Å². The zero-order valence-electron chi connectivity index (χ0n) is 11.4. The van der Waals surface area contributed by atoms with Crippen LogP contribution in [0.5, 0.6) is 0 Å². The molecule has 2 unspecified atom stereocenters. The minimum Gasteiger partial charge on any atom is -0.356 e. The molecule has 1 heterocycles. The molecular formula is C14H28N2O. The molecule has 0 saturated carbocycles. The highest BCUT2D eigenvalue weighted by Gasteiger charge is 2.21. The van der Waals surface area contributed by atoms with Crippen molar-refractivity contribution in [2.24, 2.45) is 11.8 Å². The Morgan fingerprint density at radius 2 is 2.29 bits per heavy atom. The largest absolute Gasteiger partial charge is 0.356 e. The third-order valence-electron chi connectivity index (χ3n) is 3.75. The van der Waals surface area contributed by atoms with Crippen molar-refractivity contribution in [2.45, 2.75) is 52.4 Å². The maximum absolute atomic E-state index is 11.7. The van der Waals surface area contributed by atoms with E-state index in [2.05, 4.69) is 24.5 Å². The summed E-state index contributed by atoms with van der Waals surface area (Å²) in [7, 11) is 0. The Bertz CT molecular complexity index is 212. The van der Waals surface area contributed by atoms with Crippen molar-refractivity contribution < 1.29 is 4.79 Å². The second-order valence-electron chi connectivity index (χ2n) is 5.34. The standard InChI is InChI=1S/C14H28N2O/c1-3-4-5-9-16-14(17)10-12(2)13-7-6-8-15-11-13/h12-13,15H,3-11H2,1-2H3,(H,16,17). The van der Waals surface area contributed by atoms with Crippen LogP contribution in [-0.4, -0.2) is 25.5 Å². The van der Waals surface area contributed by atoms with Crippen molar-refractivity contribution in [3.63, 3.8) is 0 Å². The second kappa shape index (κ2) is 8.51. The number of rotatable bonds is 7. The van der Waals surface area contributed by atoms with E-state index >= 15 is 0 Å². The molecule has 0 aromatic carbocycles. The van der Waals surface area contributed by atoms with Crippen molar-refractivity contribution in [2.75, 3.05) is 19.6 Å². The molecule has 0 aromatic heterocycles. The molecule has 0 spiro atoms. The van der Waals surface area contributed by atoms with Crippen LogP contribution in [0.15, 0.2) is 0 Å². The van der Waals surface area contributed by atoms with Gasteiger partial charge in [0.1, 0.15) is 0 Å². The van der Waals surface area contributed by atoms with Crippen LogP contribution in [0.2, 0.25) is 0 Å². The summed E-state index contributed by atoms with van der Waals surface area (Å²) in [5.41, 5.74) is 0. The Hall–Kier alpha value is -0.570. The minimum atomic E-state index is 0.235. The second-order valence-corrected chi connectivity index (χ2v) is 5.34. The van der Waals surface area contributed by atoms with E-state index in [1.807, 2.05) is 0 Å². The fourth-order valence-corrected chi connectivity index (χ4v) is 2.50. The van der Waals surface area contributed by atoms with E-state index in [1.165, 1.54) is 25.7 Å². The molecule has 1 saturated heterocycles. The summed E-state index contributed by atoms with van der Waals surface area (Å²) in [5, 5.41) is 6.45. The highest BCUT2D eigenvalue weighted by atomic mass is 16.1. The molecule has 17 heavy (non-hydrogen) atoms. The molecule has 2 N–H and O–H groups in total. The number of hydrogen-bond donors (Lipinski definition) is 2. The molecule has 1 aliphatic heterocycles. The van der Waals surface area contributed by atoms with Gasteiger partial charge in [-0.15, -0.1) is 0 Å². The van der Waals surface area contributed by atoms with E-state index in [4.69, 9.17) is 0 Å². The van der Waals surface area contributed by atoms with Crippen molar-refractivity contribution in [1.29, 1.82) is 0 Å². The van der Waals surface area contributed by atoms with Gasteiger partial charge >= 0.3 is 0 Å². The normalized spacial score (nSPS) is 22.1. The van der Waals surface area contributed by atoms with Gasteiger partial charge in [-0.1, -0.05) is 26.7 Å². The van der Waals surface area contributed by atoms with Gasteiger partial charge in [0.05, 0.1) is 0 Å². The fourth-order valence-electron chi connectivity index (χ4n) is 2.50. The number of carbonyl (C=O) groups excluding carboxylic acids is 1. The summed E-state index contributed by atoms with van der Waals surface area (Å²) in [6.07, 6.45) is 6.76. The number of piperidine rings is 1. The predicted octanol–water partition coefficient (Wildman–Crippen LogP) is 2.32. The van der Waals surface area contributed by atoms with Crippen LogP contribution in [0.1, 0.15) is 52.4 Å². The summed E-state index contributed by atoms with van der Waals surface area (Å²) >= 11 is 0. The molecule has 3 nitrogen and oxygen atoms in total. The van der Waals surface area contributed by atoms with Crippen molar-refractivity contribution >= 4 is 5.91 Å². The van der Waals surface area contributed by atoms with Gasteiger partial charge in [-0.05, 0) is 44.2 Å². The monoisotopic (exact) mass is 240 g/mol. The van der Waals surface area contributed by atoms with Crippen LogP contribution < -0.4 is 10.6 Å². The van der Waals surface area contributed by atoms with Gasteiger partial charge in [0.15, 0.2) is 0 Å². The molecule has 0 aliphatic carbocycles. The quantitative estimate of drug-likeness (QED) is 0.671. The van der Waals surface area contributed by atoms with Crippen LogP contribution in [-0.2, 0) is 4.79 Å². The maximum Gasteiger partial charge on any atom is 0.220 e. The van der Waals surface area contributed by atoms with E-state index < -0.39 is 0 Å². The van der Waals surface area contributed by atoms with Crippen LogP contribution in [0.3, 0.4) is 0 Å². The average molecular weight is 240 g/mol. The van der Waals surface area contributed by atoms with Gasteiger partial charge in [0.25, 0.3) is 0 Å². The summed E-state index contributed by atoms with van der Waals surface area (Å²) in [6.45, 7) is 7.47. The predicted molar refractivity (Wildman–Crippen MR) is 71.9 cm³/mol. The van der Waals surface area contributed by atoms with Crippen LogP contribution in [0, 0.1) is 11.8 Å². The van der Waals surface area contributed by atoms with E-state index in [0.717, 1.165) is 26.1 Å². The van der Waals surface area contributed by atoms with Crippen molar-refractivity contribution in [3.05, 3.63) is 0 Å². The van der Waals surface area contributed by atoms with Gasteiger partial charge in [0.2, 0.25) is 5.91 Å². The third kappa shape index (κ3) is 6.06. The first-order chi connectivity index (χ1) is 8.24. The first-order valence-electron chi connectivity index (χ1n) is 7.21. The molecule has 0 bridgehead atoms. The Morgan fingerprint density at radius 1 is 1.47 bits per heavy atom. The smallest absolute Gasteiger partial charge is 0.220 e. The van der Waals surface area contributed by atoms with Gasteiger partial charge in [0, 0.05) is 13.0 Å². The Balaban J connectivity index is 2.11. The molecule has 3 heteroatoms. The summed E-state index contributed by atoms with van der Waals surface area (Å²) in [5.74, 6) is 1.43. The highest BCUT2D eigenvalue weighted by molar-refractivity contribution is 5.76.